The fourth-order valence-corrected chi connectivity index (χ4v) is 2.66. The number of thiazole rings is 1. The molecular formula is C9H12N4OS2. The van der Waals surface area contributed by atoms with Crippen LogP contribution in [0, 0.1) is 6.92 Å². The number of nitrogens with one attached hydrogen (secondary N) is 1. The Labute approximate surface area is 101 Å². The highest BCUT2D eigenvalue weighted by atomic mass is 32.1. The van der Waals surface area contributed by atoms with Crippen LogP contribution in [0.2, 0.25) is 0 Å². The summed E-state index contributed by atoms with van der Waals surface area (Å²) in [5.41, 5.74) is 8.54. The zero-order chi connectivity index (χ0) is 11.5. The minimum atomic E-state index is 0.427. The lowest BCUT2D eigenvalue weighted by Gasteiger charge is -2.04. The van der Waals surface area contributed by atoms with Crippen molar-refractivity contribution in [3.63, 3.8) is 0 Å². The summed E-state index contributed by atoms with van der Waals surface area (Å²) in [4.78, 5) is 5.39. The van der Waals surface area contributed by atoms with Crippen molar-refractivity contribution in [3.8, 4) is 5.75 Å². The van der Waals surface area contributed by atoms with Gasteiger partial charge < -0.3 is 15.8 Å². The lowest BCUT2D eigenvalue weighted by Crippen LogP contribution is -1.99. The van der Waals surface area contributed by atoms with Gasteiger partial charge >= 0.3 is 0 Å². The molecule has 0 fully saturated rings. The number of aromatic nitrogens is 2. The van der Waals surface area contributed by atoms with Crippen LogP contribution in [0.3, 0.4) is 0 Å². The first-order valence-corrected chi connectivity index (χ1v) is 6.29. The highest BCUT2D eigenvalue weighted by molar-refractivity contribution is 7.11. The van der Waals surface area contributed by atoms with Gasteiger partial charge in [0.05, 0.1) is 24.9 Å². The standard InChI is InChI=1S/C9H12N4OS2/c1-5-6(15-4-12-5)3-11-9-7(14-2)8(10)13-16-9/h4,11H,3H2,1-2H3,(H2,10,13). The van der Waals surface area contributed by atoms with Gasteiger partial charge in [0.1, 0.15) is 0 Å². The third kappa shape index (κ3) is 2.10. The summed E-state index contributed by atoms with van der Waals surface area (Å²) in [6.45, 7) is 2.71. The average molecular weight is 256 g/mol. The molecule has 0 spiro atoms. The van der Waals surface area contributed by atoms with Crippen LogP contribution in [0.5, 0.6) is 5.75 Å². The highest BCUT2D eigenvalue weighted by Gasteiger charge is 2.12. The molecule has 2 heterocycles. The van der Waals surface area contributed by atoms with Crippen molar-refractivity contribution >= 4 is 33.7 Å². The Morgan fingerprint density at radius 1 is 1.56 bits per heavy atom. The van der Waals surface area contributed by atoms with E-state index in [4.69, 9.17) is 10.5 Å². The van der Waals surface area contributed by atoms with Crippen molar-refractivity contribution in [2.24, 2.45) is 0 Å². The molecule has 0 aliphatic heterocycles. The largest absolute Gasteiger partial charge is 0.490 e. The molecule has 0 radical (unpaired) electrons. The van der Waals surface area contributed by atoms with Gasteiger partial charge in [0, 0.05) is 4.88 Å². The second kappa shape index (κ2) is 4.67. The molecule has 0 aromatic carbocycles. The normalized spacial score (nSPS) is 10.4. The van der Waals surface area contributed by atoms with E-state index in [1.54, 1.807) is 18.4 Å². The number of nitrogens with zero attached hydrogens (tertiary/aromatic N) is 2. The second-order valence-electron chi connectivity index (χ2n) is 3.14. The SMILES string of the molecule is COc1c(N)nsc1NCc1scnc1C. The molecule has 0 saturated heterocycles. The van der Waals surface area contributed by atoms with Crippen LogP contribution in [-0.2, 0) is 6.54 Å². The zero-order valence-electron chi connectivity index (χ0n) is 8.98. The predicted octanol–water partition coefficient (Wildman–Crippen LogP) is 2.11. The van der Waals surface area contributed by atoms with E-state index in [1.807, 2.05) is 12.4 Å². The molecule has 2 rings (SSSR count). The van der Waals surface area contributed by atoms with Gasteiger partial charge in [-0.3, -0.25) is 0 Å². The molecule has 0 amide bonds. The Kier molecular flexibility index (Phi) is 3.25. The first-order chi connectivity index (χ1) is 7.72. The van der Waals surface area contributed by atoms with Crippen molar-refractivity contribution in [2.45, 2.75) is 13.5 Å². The van der Waals surface area contributed by atoms with Gasteiger partial charge in [0.15, 0.2) is 16.6 Å². The van der Waals surface area contributed by atoms with E-state index in [0.29, 0.717) is 18.1 Å². The van der Waals surface area contributed by atoms with E-state index in [9.17, 15) is 0 Å². The summed E-state index contributed by atoms with van der Waals surface area (Å²) in [5, 5.41) is 4.10. The van der Waals surface area contributed by atoms with Gasteiger partial charge in [-0.1, -0.05) is 0 Å². The number of nitrogens with two attached hydrogens (primary N) is 1. The molecule has 5 nitrogen and oxygen atoms in total. The molecule has 7 heteroatoms. The van der Waals surface area contributed by atoms with Crippen LogP contribution in [0.4, 0.5) is 10.8 Å². The lowest BCUT2D eigenvalue weighted by molar-refractivity contribution is 0.419. The number of anilines is 2. The molecule has 0 atom stereocenters. The van der Waals surface area contributed by atoms with Gasteiger partial charge in [-0.05, 0) is 18.5 Å². The molecule has 0 aliphatic rings. The summed E-state index contributed by atoms with van der Waals surface area (Å²) < 4.78 is 9.19. The number of hydrogen-bond acceptors (Lipinski definition) is 7. The average Bonchev–Trinajstić information content (AvgIpc) is 2.82. The van der Waals surface area contributed by atoms with Gasteiger partial charge in [0.25, 0.3) is 0 Å². The van der Waals surface area contributed by atoms with Crippen LogP contribution in [0.25, 0.3) is 0 Å². The molecule has 0 unspecified atom stereocenters. The fourth-order valence-electron chi connectivity index (χ4n) is 1.26. The van der Waals surface area contributed by atoms with Gasteiger partial charge in [0.2, 0.25) is 0 Å². The number of rotatable bonds is 4. The molecule has 0 bridgehead atoms. The van der Waals surface area contributed by atoms with Crippen molar-refractivity contribution in [1.29, 1.82) is 0 Å². The molecule has 0 saturated carbocycles. The first kappa shape index (κ1) is 11.2. The number of nitrogen functional groups attached to an aromatic ring is 1. The monoisotopic (exact) mass is 256 g/mol. The quantitative estimate of drug-likeness (QED) is 0.876. The van der Waals surface area contributed by atoms with Crippen molar-refractivity contribution in [1.82, 2.24) is 9.36 Å². The molecular weight excluding hydrogens is 244 g/mol. The Hall–Kier alpha value is -1.34. The van der Waals surface area contributed by atoms with E-state index in [2.05, 4.69) is 14.7 Å². The van der Waals surface area contributed by atoms with E-state index in [1.165, 1.54) is 16.4 Å². The number of methoxy groups -OCH3 is 1. The minimum absolute atomic E-state index is 0.427. The summed E-state index contributed by atoms with van der Waals surface area (Å²) in [6, 6.07) is 0. The van der Waals surface area contributed by atoms with Crippen molar-refractivity contribution in [2.75, 3.05) is 18.2 Å². The number of ether oxygens (including phenoxy) is 1. The van der Waals surface area contributed by atoms with Gasteiger partial charge in [-0.15, -0.1) is 11.3 Å². The van der Waals surface area contributed by atoms with Crippen molar-refractivity contribution < 1.29 is 4.74 Å². The summed E-state index contributed by atoms with van der Waals surface area (Å²) >= 11 is 2.93. The predicted molar refractivity (Wildman–Crippen MR) is 67.3 cm³/mol. The Bertz CT molecular complexity index is 480. The Morgan fingerprint density at radius 3 is 3.00 bits per heavy atom. The molecule has 86 valence electrons. The lowest BCUT2D eigenvalue weighted by atomic mass is 10.4. The van der Waals surface area contributed by atoms with E-state index < -0.39 is 0 Å². The third-order valence-electron chi connectivity index (χ3n) is 2.13. The maximum atomic E-state index is 5.66. The zero-order valence-corrected chi connectivity index (χ0v) is 10.6. The van der Waals surface area contributed by atoms with Gasteiger partial charge in [-0.2, -0.15) is 4.37 Å². The summed E-state index contributed by atoms with van der Waals surface area (Å²) in [5.74, 6) is 1.04. The number of aryl methyl sites for hydroxylation is 1. The highest BCUT2D eigenvalue weighted by Crippen LogP contribution is 2.35. The fraction of sp³-hybridized carbons (Fsp3) is 0.333. The Morgan fingerprint density at radius 2 is 2.38 bits per heavy atom. The van der Waals surface area contributed by atoms with Crippen LogP contribution in [-0.4, -0.2) is 16.5 Å². The van der Waals surface area contributed by atoms with Crippen LogP contribution >= 0.6 is 22.9 Å². The summed E-state index contributed by atoms with van der Waals surface area (Å²) in [7, 11) is 1.59. The second-order valence-corrected chi connectivity index (χ2v) is 4.86. The smallest absolute Gasteiger partial charge is 0.197 e. The van der Waals surface area contributed by atoms with Crippen LogP contribution in [0.15, 0.2) is 5.51 Å². The van der Waals surface area contributed by atoms with E-state index >= 15 is 0 Å². The molecule has 0 aliphatic carbocycles. The Balaban J connectivity index is 2.07. The van der Waals surface area contributed by atoms with Crippen molar-refractivity contribution in [3.05, 3.63) is 16.1 Å². The van der Waals surface area contributed by atoms with E-state index in [-0.39, 0.29) is 0 Å². The van der Waals surface area contributed by atoms with Crippen LogP contribution < -0.4 is 15.8 Å². The topological polar surface area (TPSA) is 73.1 Å². The molecule has 3 N–H and O–H groups in total. The molecule has 16 heavy (non-hydrogen) atoms. The van der Waals surface area contributed by atoms with Gasteiger partial charge in [-0.25, -0.2) is 4.98 Å². The third-order valence-corrected chi connectivity index (χ3v) is 3.87. The maximum absolute atomic E-state index is 5.66. The summed E-state index contributed by atoms with van der Waals surface area (Å²) in [6.07, 6.45) is 0. The first-order valence-electron chi connectivity index (χ1n) is 4.64. The minimum Gasteiger partial charge on any atom is -0.490 e. The van der Waals surface area contributed by atoms with E-state index in [0.717, 1.165) is 10.7 Å². The maximum Gasteiger partial charge on any atom is 0.197 e. The van der Waals surface area contributed by atoms with Crippen LogP contribution in [0.1, 0.15) is 10.6 Å². The molecule has 2 aromatic rings. The number of hydrogen-bond donors (Lipinski definition) is 2. The molecule has 2 aromatic heterocycles.